The normalized spacial score (nSPS) is 10.7. The lowest BCUT2D eigenvalue weighted by Crippen LogP contribution is -1.97. The molecule has 0 fully saturated rings. The van der Waals surface area contributed by atoms with Crippen LogP contribution in [0.15, 0.2) is 46.9 Å². The van der Waals surface area contributed by atoms with E-state index in [2.05, 4.69) is 18.0 Å². The number of hydrogen-bond acceptors (Lipinski definition) is 4. The van der Waals surface area contributed by atoms with Gasteiger partial charge in [0.15, 0.2) is 0 Å². The minimum Gasteiger partial charge on any atom is -0.487 e. The molecule has 0 unspecified atom stereocenters. The molecular formula is C16H15NO2S. The Morgan fingerprint density at radius 1 is 1.10 bits per heavy atom. The number of benzene rings is 1. The molecule has 0 amide bonds. The monoisotopic (exact) mass is 285 g/mol. The van der Waals surface area contributed by atoms with Crippen LogP contribution in [0, 0.1) is 13.8 Å². The van der Waals surface area contributed by atoms with E-state index < -0.39 is 0 Å². The summed E-state index contributed by atoms with van der Waals surface area (Å²) >= 11 is 1.68. The maximum Gasteiger partial charge on any atom is 0.236 e. The quantitative estimate of drug-likeness (QED) is 0.702. The fraction of sp³-hybridized carbons (Fsp3) is 0.188. The molecular weight excluding hydrogens is 270 g/mol. The molecule has 1 aromatic carbocycles. The average molecular weight is 285 g/mol. The highest BCUT2D eigenvalue weighted by Gasteiger charge is 2.13. The summed E-state index contributed by atoms with van der Waals surface area (Å²) in [5, 5.41) is 0. The van der Waals surface area contributed by atoms with Crippen molar-refractivity contribution in [3.8, 4) is 16.5 Å². The van der Waals surface area contributed by atoms with Crippen LogP contribution in [0.2, 0.25) is 0 Å². The smallest absolute Gasteiger partial charge is 0.236 e. The van der Waals surface area contributed by atoms with Crippen molar-refractivity contribution < 1.29 is 9.15 Å². The first-order valence-electron chi connectivity index (χ1n) is 6.43. The van der Waals surface area contributed by atoms with Crippen molar-refractivity contribution in [3.63, 3.8) is 0 Å². The molecule has 0 atom stereocenters. The van der Waals surface area contributed by atoms with E-state index in [4.69, 9.17) is 9.15 Å². The van der Waals surface area contributed by atoms with Crippen LogP contribution in [-0.2, 0) is 6.61 Å². The van der Waals surface area contributed by atoms with Crippen molar-refractivity contribution >= 4 is 11.3 Å². The van der Waals surface area contributed by atoms with Crippen molar-refractivity contribution in [3.05, 3.63) is 58.8 Å². The van der Waals surface area contributed by atoms with Gasteiger partial charge in [0.1, 0.15) is 23.8 Å². The fourth-order valence-corrected chi connectivity index (χ4v) is 2.68. The summed E-state index contributed by atoms with van der Waals surface area (Å²) in [6.07, 6.45) is 0. The standard InChI is InChI=1S/C16H15NO2S/c1-11-8-9-15(20-11)16-17-14(12(2)19-16)10-18-13-6-4-3-5-7-13/h3-9H,10H2,1-2H3. The van der Waals surface area contributed by atoms with Gasteiger partial charge in [-0.2, -0.15) is 0 Å². The van der Waals surface area contributed by atoms with E-state index in [1.807, 2.05) is 43.3 Å². The van der Waals surface area contributed by atoms with Crippen molar-refractivity contribution in [2.24, 2.45) is 0 Å². The maximum absolute atomic E-state index is 5.72. The topological polar surface area (TPSA) is 35.3 Å². The summed E-state index contributed by atoms with van der Waals surface area (Å²) in [7, 11) is 0. The van der Waals surface area contributed by atoms with Gasteiger partial charge in [-0.1, -0.05) is 18.2 Å². The molecule has 0 bridgehead atoms. The second-order valence-electron chi connectivity index (χ2n) is 4.53. The molecule has 2 aromatic heterocycles. The largest absolute Gasteiger partial charge is 0.487 e. The number of ether oxygens (including phenoxy) is 1. The maximum atomic E-state index is 5.72. The summed E-state index contributed by atoms with van der Waals surface area (Å²) < 4.78 is 11.4. The van der Waals surface area contributed by atoms with E-state index in [0.29, 0.717) is 12.5 Å². The van der Waals surface area contributed by atoms with Gasteiger partial charge >= 0.3 is 0 Å². The van der Waals surface area contributed by atoms with Gasteiger partial charge in [0.05, 0.1) is 4.88 Å². The van der Waals surface area contributed by atoms with Crippen LogP contribution in [0.4, 0.5) is 0 Å². The molecule has 0 aliphatic rings. The lowest BCUT2D eigenvalue weighted by atomic mass is 10.3. The van der Waals surface area contributed by atoms with Crippen LogP contribution in [0.1, 0.15) is 16.3 Å². The molecule has 20 heavy (non-hydrogen) atoms. The van der Waals surface area contributed by atoms with Crippen LogP contribution in [-0.4, -0.2) is 4.98 Å². The van der Waals surface area contributed by atoms with Crippen LogP contribution in [0.3, 0.4) is 0 Å². The highest BCUT2D eigenvalue weighted by molar-refractivity contribution is 7.15. The lowest BCUT2D eigenvalue weighted by molar-refractivity contribution is 0.299. The third kappa shape index (κ3) is 2.75. The number of thiophene rings is 1. The first-order valence-corrected chi connectivity index (χ1v) is 7.25. The zero-order valence-corrected chi connectivity index (χ0v) is 12.2. The van der Waals surface area contributed by atoms with E-state index in [-0.39, 0.29) is 0 Å². The molecule has 4 heteroatoms. The molecule has 2 heterocycles. The summed E-state index contributed by atoms with van der Waals surface area (Å²) in [6.45, 7) is 4.41. The average Bonchev–Trinajstić information content (AvgIpc) is 3.04. The Labute approximate surface area is 121 Å². The molecule has 0 radical (unpaired) electrons. The Morgan fingerprint density at radius 3 is 2.60 bits per heavy atom. The molecule has 0 N–H and O–H groups in total. The van der Waals surface area contributed by atoms with Crippen LogP contribution < -0.4 is 4.74 Å². The zero-order chi connectivity index (χ0) is 13.9. The van der Waals surface area contributed by atoms with E-state index in [0.717, 1.165) is 22.1 Å². The SMILES string of the molecule is Cc1ccc(-c2nc(COc3ccccc3)c(C)o2)s1. The number of hydrogen-bond donors (Lipinski definition) is 0. The summed E-state index contributed by atoms with van der Waals surface area (Å²) in [5.41, 5.74) is 0.843. The van der Waals surface area contributed by atoms with Gasteiger partial charge in [-0.3, -0.25) is 0 Å². The number of nitrogens with zero attached hydrogens (tertiary/aromatic N) is 1. The van der Waals surface area contributed by atoms with E-state index in [1.54, 1.807) is 11.3 Å². The highest BCUT2D eigenvalue weighted by Crippen LogP contribution is 2.28. The van der Waals surface area contributed by atoms with Gasteiger partial charge in [-0.15, -0.1) is 11.3 Å². The predicted molar refractivity (Wildman–Crippen MR) is 80.1 cm³/mol. The Kier molecular flexibility index (Phi) is 3.56. The second kappa shape index (κ2) is 5.51. The number of rotatable bonds is 4. The van der Waals surface area contributed by atoms with Crippen molar-refractivity contribution in [2.75, 3.05) is 0 Å². The van der Waals surface area contributed by atoms with Gasteiger partial charge in [0, 0.05) is 4.88 Å². The molecule has 3 nitrogen and oxygen atoms in total. The zero-order valence-electron chi connectivity index (χ0n) is 11.4. The highest BCUT2D eigenvalue weighted by atomic mass is 32.1. The van der Waals surface area contributed by atoms with Gasteiger partial charge in [-0.25, -0.2) is 4.98 Å². The van der Waals surface area contributed by atoms with E-state index in [9.17, 15) is 0 Å². The minimum atomic E-state index is 0.420. The van der Waals surface area contributed by atoms with Crippen LogP contribution in [0.5, 0.6) is 5.75 Å². The third-order valence-electron chi connectivity index (χ3n) is 2.96. The molecule has 3 aromatic rings. The predicted octanol–water partition coefficient (Wildman–Crippen LogP) is 4.60. The fourth-order valence-electron chi connectivity index (χ4n) is 1.89. The molecule has 0 aliphatic heterocycles. The van der Waals surface area contributed by atoms with Gasteiger partial charge in [-0.05, 0) is 38.1 Å². The van der Waals surface area contributed by atoms with E-state index >= 15 is 0 Å². The molecule has 3 rings (SSSR count). The number of para-hydroxylation sites is 1. The van der Waals surface area contributed by atoms with Gasteiger partial charge in [0.25, 0.3) is 0 Å². The van der Waals surface area contributed by atoms with Crippen LogP contribution >= 0.6 is 11.3 Å². The number of oxazole rings is 1. The Balaban J connectivity index is 1.76. The van der Waals surface area contributed by atoms with Crippen molar-refractivity contribution in [1.29, 1.82) is 0 Å². The summed E-state index contributed by atoms with van der Waals surface area (Å²) in [6, 6.07) is 13.8. The van der Waals surface area contributed by atoms with Gasteiger partial charge < -0.3 is 9.15 Å². The Bertz CT molecular complexity index is 700. The molecule has 0 saturated carbocycles. The van der Waals surface area contributed by atoms with Crippen molar-refractivity contribution in [2.45, 2.75) is 20.5 Å². The summed E-state index contributed by atoms with van der Waals surface area (Å²) in [4.78, 5) is 6.83. The van der Waals surface area contributed by atoms with Crippen LogP contribution in [0.25, 0.3) is 10.8 Å². The second-order valence-corrected chi connectivity index (χ2v) is 5.82. The molecule has 0 aliphatic carbocycles. The Hall–Kier alpha value is -2.07. The molecule has 102 valence electrons. The van der Waals surface area contributed by atoms with Gasteiger partial charge in [0.2, 0.25) is 5.89 Å². The minimum absolute atomic E-state index is 0.420. The first kappa shape index (κ1) is 12.9. The molecule has 0 spiro atoms. The number of aromatic nitrogens is 1. The lowest BCUT2D eigenvalue weighted by Gasteiger charge is -2.03. The Morgan fingerprint density at radius 2 is 1.90 bits per heavy atom. The van der Waals surface area contributed by atoms with Crippen molar-refractivity contribution in [1.82, 2.24) is 4.98 Å². The third-order valence-corrected chi connectivity index (χ3v) is 3.95. The first-order chi connectivity index (χ1) is 9.72. The van der Waals surface area contributed by atoms with E-state index in [1.165, 1.54) is 4.88 Å². The summed E-state index contributed by atoms with van der Waals surface area (Å²) in [5.74, 6) is 2.32. The number of aryl methyl sites for hydroxylation is 2. The molecule has 0 saturated heterocycles.